The molecule has 47 valence electrons. The fraction of sp³-hybridized carbons (Fsp3) is 0.200. The summed E-state index contributed by atoms with van der Waals surface area (Å²) in [6, 6.07) is 1.51. The average Bonchev–Trinajstić information content (AvgIpc) is 2.14. The minimum absolute atomic E-state index is 0.141. The summed E-state index contributed by atoms with van der Waals surface area (Å²) in [5, 5.41) is 2.97. The highest BCUT2D eigenvalue weighted by atomic mass is 32.1. The van der Waals surface area contributed by atoms with E-state index in [1.165, 1.54) is 6.07 Å². The molecule has 1 heterocycles. The molecule has 0 saturated heterocycles. The van der Waals surface area contributed by atoms with Gasteiger partial charge in [0.05, 0.1) is 5.69 Å². The van der Waals surface area contributed by atoms with Gasteiger partial charge in [-0.3, -0.25) is 4.79 Å². The lowest BCUT2D eigenvalue weighted by Gasteiger charge is -1.74. The molecule has 1 aromatic heterocycles. The van der Waals surface area contributed by atoms with Gasteiger partial charge in [-0.15, -0.1) is 0 Å². The Morgan fingerprint density at radius 2 is 2.56 bits per heavy atom. The maximum absolute atomic E-state index is 10.3. The van der Waals surface area contributed by atoms with E-state index in [1.54, 1.807) is 6.92 Å². The van der Waals surface area contributed by atoms with E-state index in [0.29, 0.717) is 5.69 Å². The van der Waals surface area contributed by atoms with Gasteiger partial charge in [0.25, 0.3) is 5.12 Å². The van der Waals surface area contributed by atoms with E-state index < -0.39 is 5.12 Å². The number of hydrogen-bond acceptors (Lipinski definition) is 3. The Morgan fingerprint density at radius 1 is 1.89 bits per heavy atom. The van der Waals surface area contributed by atoms with Crippen LogP contribution in [0, 0.1) is 6.92 Å². The van der Waals surface area contributed by atoms with Gasteiger partial charge in [-0.2, -0.15) is 0 Å². The fourth-order valence-corrected chi connectivity index (χ4v) is 0.556. The van der Waals surface area contributed by atoms with Gasteiger partial charge in [0.15, 0.2) is 0 Å². The second-order valence-electron chi connectivity index (χ2n) is 1.62. The molecule has 0 aromatic carbocycles. The van der Waals surface area contributed by atoms with Crippen molar-refractivity contribution in [1.82, 2.24) is 5.16 Å². The van der Waals surface area contributed by atoms with E-state index in [1.807, 2.05) is 0 Å². The van der Waals surface area contributed by atoms with Crippen molar-refractivity contribution in [1.29, 1.82) is 0 Å². The first-order valence-electron chi connectivity index (χ1n) is 2.35. The van der Waals surface area contributed by atoms with E-state index in [-0.39, 0.29) is 5.76 Å². The molecule has 0 atom stereocenters. The summed E-state index contributed by atoms with van der Waals surface area (Å²) in [7, 11) is 0. The lowest BCUT2D eigenvalue weighted by Crippen LogP contribution is -1.81. The molecule has 4 heteroatoms. The maximum Gasteiger partial charge on any atom is 0.287 e. The lowest BCUT2D eigenvalue weighted by molar-refractivity contribution is 0.105. The van der Waals surface area contributed by atoms with Crippen LogP contribution in [0.15, 0.2) is 10.6 Å². The van der Waals surface area contributed by atoms with E-state index in [2.05, 4.69) is 22.3 Å². The Labute approximate surface area is 57.4 Å². The third-order valence-electron chi connectivity index (χ3n) is 0.829. The number of aromatic nitrogens is 1. The van der Waals surface area contributed by atoms with Gasteiger partial charge in [0.2, 0.25) is 5.76 Å². The number of hydrogen-bond donors (Lipinski definition) is 0. The first kappa shape index (κ1) is 6.22. The van der Waals surface area contributed by atoms with Crippen LogP contribution < -0.4 is 0 Å². The highest BCUT2D eigenvalue weighted by Gasteiger charge is 2.06. The second-order valence-corrected chi connectivity index (χ2v) is 1.99. The van der Waals surface area contributed by atoms with Crippen LogP contribution >= 0.6 is 12.6 Å². The SMILES string of the molecule is Cc1cc(C(=O)[S])on1. The van der Waals surface area contributed by atoms with Crippen molar-refractivity contribution in [2.24, 2.45) is 0 Å². The van der Waals surface area contributed by atoms with Crippen LogP contribution in [0.25, 0.3) is 0 Å². The molecular formula is C5H4NO2S. The predicted octanol–water partition coefficient (Wildman–Crippen LogP) is 1.32. The summed E-state index contributed by atoms with van der Waals surface area (Å²) in [6.07, 6.45) is 0. The number of carbonyl (C=O) groups excluding carboxylic acids is 1. The van der Waals surface area contributed by atoms with Crippen molar-refractivity contribution in [3.8, 4) is 0 Å². The van der Waals surface area contributed by atoms with Crippen molar-refractivity contribution < 1.29 is 9.32 Å². The molecule has 1 rings (SSSR count). The second kappa shape index (κ2) is 2.14. The largest absolute Gasteiger partial charge is 0.352 e. The standard InChI is InChI=1S/C5H4NO2S/c1-3-2-4(5(7)9)8-6-3/h2H,1H3. The third-order valence-corrected chi connectivity index (χ3v) is 1.03. The average molecular weight is 142 g/mol. The van der Waals surface area contributed by atoms with Crippen LogP contribution in [0.1, 0.15) is 16.2 Å². The quantitative estimate of drug-likeness (QED) is 0.594. The van der Waals surface area contributed by atoms with Crippen LogP contribution in [0.4, 0.5) is 0 Å². The zero-order valence-corrected chi connectivity index (χ0v) is 5.57. The Kier molecular flexibility index (Phi) is 1.48. The molecule has 0 unspecified atom stereocenters. The molecule has 9 heavy (non-hydrogen) atoms. The molecule has 0 fully saturated rings. The normalized spacial score (nSPS) is 9.44. The first-order chi connectivity index (χ1) is 4.20. The van der Waals surface area contributed by atoms with Crippen molar-refractivity contribution in [3.63, 3.8) is 0 Å². The number of nitrogens with zero attached hydrogens (tertiary/aromatic N) is 1. The molecule has 0 saturated carbocycles. The number of carbonyl (C=O) groups is 1. The zero-order chi connectivity index (χ0) is 6.85. The Bertz CT molecular complexity index is 231. The van der Waals surface area contributed by atoms with Gasteiger partial charge in [0, 0.05) is 6.07 Å². The molecular weight excluding hydrogens is 138 g/mol. The maximum atomic E-state index is 10.3. The van der Waals surface area contributed by atoms with Crippen molar-refractivity contribution >= 4 is 17.7 Å². The van der Waals surface area contributed by atoms with Crippen LogP contribution in [-0.2, 0) is 0 Å². The van der Waals surface area contributed by atoms with Crippen LogP contribution in [0.2, 0.25) is 0 Å². The van der Waals surface area contributed by atoms with Gasteiger partial charge < -0.3 is 4.52 Å². The van der Waals surface area contributed by atoms with E-state index in [4.69, 9.17) is 0 Å². The van der Waals surface area contributed by atoms with Crippen LogP contribution in [0.5, 0.6) is 0 Å². The summed E-state index contributed by atoms with van der Waals surface area (Å²) in [5.41, 5.74) is 0.670. The van der Waals surface area contributed by atoms with Gasteiger partial charge in [0.1, 0.15) is 0 Å². The Morgan fingerprint density at radius 3 is 2.78 bits per heavy atom. The van der Waals surface area contributed by atoms with Gasteiger partial charge in [-0.05, 0) is 19.6 Å². The highest BCUT2D eigenvalue weighted by molar-refractivity contribution is 7.97. The highest BCUT2D eigenvalue weighted by Crippen LogP contribution is 2.04. The molecule has 3 nitrogen and oxygen atoms in total. The third kappa shape index (κ3) is 1.26. The first-order valence-corrected chi connectivity index (χ1v) is 2.75. The molecule has 0 spiro atoms. The van der Waals surface area contributed by atoms with E-state index in [9.17, 15) is 4.79 Å². The summed E-state index contributed by atoms with van der Waals surface area (Å²) in [6.45, 7) is 1.73. The molecule has 1 radical (unpaired) electrons. The summed E-state index contributed by atoms with van der Waals surface area (Å²) in [4.78, 5) is 10.3. The van der Waals surface area contributed by atoms with Gasteiger partial charge >= 0.3 is 0 Å². The predicted molar refractivity (Wildman–Crippen MR) is 33.2 cm³/mol. The minimum Gasteiger partial charge on any atom is -0.352 e. The fourth-order valence-electron chi connectivity index (χ4n) is 0.460. The monoisotopic (exact) mass is 142 g/mol. The van der Waals surface area contributed by atoms with Crippen LogP contribution in [-0.4, -0.2) is 10.3 Å². The molecule has 1 aromatic rings. The van der Waals surface area contributed by atoms with Crippen molar-refractivity contribution in [2.45, 2.75) is 6.92 Å². The van der Waals surface area contributed by atoms with Crippen LogP contribution in [0.3, 0.4) is 0 Å². The lowest BCUT2D eigenvalue weighted by atomic mass is 10.4. The minimum atomic E-state index is -0.504. The molecule has 0 N–H and O–H groups in total. The number of aryl methyl sites for hydroxylation is 1. The number of rotatable bonds is 1. The molecule has 0 amide bonds. The summed E-state index contributed by atoms with van der Waals surface area (Å²) in [5.74, 6) is 0.141. The molecule has 0 aliphatic carbocycles. The summed E-state index contributed by atoms with van der Waals surface area (Å²) < 4.78 is 4.52. The smallest absolute Gasteiger partial charge is 0.287 e. The molecule has 0 bridgehead atoms. The zero-order valence-electron chi connectivity index (χ0n) is 4.75. The van der Waals surface area contributed by atoms with E-state index >= 15 is 0 Å². The van der Waals surface area contributed by atoms with Crippen molar-refractivity contribution in [3.05, 3.63) is 17.5 Å². The molecule has 0 aliphatic heterocycles. The summed E-state index contributed by atoms with van der Waals surface area (Å²) >= 11 is 4.29. The Hall–Kier alpha value is -0.900. The van der Waals surface area contributed by atoms with Gasteiger partial charge in [-0.1, -0.05) is 5.16 Å². The topological polar surface area (TPSA) is 43.1 Å². The molecule has 0 aliphatic rings. The van der Waals surface area contributed by atoms with Crippen molar-refractivity contribution in [2.75, 3.05) is 0 Å². The Balaban J connectivity index is 2.98. The van der Waals surface area contributed by atoms with Gasteiger partial charge in [-0.25, -0.2) is 0 Å². The van der Waals surface area contributed by atoms with E-state index in [0.717, 1.165) is 0 Å².